The minimum atomic E-state index is -0.0402. The van der Waals surface area contributed by atoms with E-state index in [-0.39, 0.29) is 24.2 Å². The van der Waals surface area contributed by atoms with Gasteiger partial charge in [-0.15, -0.1) is 0 Å². The smallest absolute Gasteiger partial charge is 0.226 e. The van der Waals surface area contributed by atoms with Crippen molar-refractivity contribution in [2.75, 3.05) is 13.2 Å². The maximum Gasteiger partial charge on any atom is 0.226 e. The molecule has 1 aromatic rings. The SMILES string of the molecule is O=C(C1CC=CCC1)N1C[C@@H](OCc2ccncc2)[C@H]2OCCC[C@H]21. The van der Waals surface area contributed by atoms with Crippen LogP contribution in [-0.4, -0.2) is 47.2 Å². The number of ether oxygens (including phenoxy) is 2. The number of hydrogen-bond acceptors (Lipinski definition) is 4. The average molecular weight is 342 g/mol. The normalized spacial score (nSPS) is 31.8. The summed E-state index contributed by atoms with van der Waals surface area (Å²) in [6.45, 7) is 1.96. The van der Waals surface area contributed by atoms with Crippen molar-refractivity contribution in [3.63, 3.8) is 0 Å². The number of carbonyl (C=O) groups is 1. The fraction of sp³-hybridized carbons (Fsp3) is 0.600. The summed E-state index contributed by atoms with van der Waals surface area (Å²) in [6.07, 6.45) is 12.7. The number of nitrogens with zero attached hydrogens (tertiary/aromatic N) is 2. The van der Waals surface area contributed by atoms with Crippen LogP contribution in [0.3, 0.4) is 0 Å². The standard InChI is InChI=1S/C20H26N2O3/c23-20(16-5-2-1-3-6-16)22-13-18(19-17(22)7-4-12-24-19)25-14-15-8-10-21-11-9-15/h1-2,8-11,16-19H,3-7,12-14H2/t16?,17-,18-,19+/m1/s1. The van der Waals surface area contributed by atoms with E-state index in [0.29, 0.717) is 19.1 Å². The van der Waals surface area contributed by atoms with Gasteiger partial charge in [0.05, 0.1) is 12.6 Å². The van der Waals surface area contributed by atoms with Crippen molar-refractivity contribution in [2.24, 2.45) is 5.92 Å². The summed E-state index contributed by atoms with van der Waals surface area (Å²) in [5, 5.41) is 0. The second-order valence-corrected chi connectivity index (χ2v) is 7.22. The van der Waals surface area contributed by atoms with E-state index in [9.17, 15) is 4.79 Å². The number of aromatic nitrogens is 1. The zero-order valence-corrected chi connectivity index (χ0v) is 14.5. The molecule has 3 heterocycles. The lowest BCUT2D eigenvalue weighted by Gasteiger charge is -2.34. The predicted octanol–water partition coefficient (Wildman–Crippen LogP) is 2.71. The lowest BCUT2D eigenvalue weighted by atomic mass is 9.92. The van der Waals surface area contributed by atoms with Gasteiger partial charge in [-0.2, -0.15) is 0 Å². The van der Waals surface area contributed by atoms with Gasteiger partial charge in [0.15, 0.2) is 0 Å². The van der Waals surface area contributed by atoms with Gasteiger partial charge < -0.3 is 14.4 Å². The van der Waals surface area contributed by atoms with E-state index in [1.54, 1.807) is 12.4 Å². The van der Waals surface area contributed by atoms with Crippen molar-refractivity contribution in [2.45, 2.75) is 57.0 Å². The van der Waals surface area contributed by atoms with Crippen LogP contribution in [0.5, 0.6) is 0 Å². The molecule has 1 aromatic heterocycles. The lowest BCUT2D eigenvalue weighted by Crippen LogP contribution is -2.45. The first-order valence-corrected chi connectivity index (χ1v) is 9.40. The Balaban J connectivity index is 1.44. The first-order valence-electron chi connectivity index (χ1n) is 9.40. The molecular formula is C20H26N2O3. The molecule has 4 rings (SSSR count). The first kappa shape index (κ1) is 16.7. The molecule has 2 aliphatic heterocycles. The van der Waals surface area contributed by atoms with E-state index in [0.717, 1.165) is 44.3 Å². The van der Waals surface area contributed by atoms with Crippen molar-refractivity contribution < 1.29 is 14.3 Å². The molecule has 3 aliphatic rings. The van der Waals surface area contributed by atoms with Crippen LogP contribution in [0, 0.1) is 5.92 Å². The largest absolute Gasteiger partial charge is 0.373 e. The molecule has 25 heavy (non-hydrogen) atoms. The zero-order valence-electron chi connectivity index (χ0n) is 14.5. The van der Waals surface area contributed by atoms with Gasteiger partial charge in [-0.05, 0) is 49.8 Å². The summed E-state index contributed by atoms with van der Waals surface area (Å²) in [4.78, 5) is 19.1. The number of carbonyl (C=O) groups excluding carboxylic acids is 1. The van der Waals surface area contributed by atoms with Gasteiger partial charge in [0.1, 0.15) is 12.2 Å². The molecule has 0 bridgehead atoms. The summed E-state index contributed by atoms with van der Waals surface area (Å²) in [7, 11) is 0. The molecule has 0 spiro atoms. The Labute approximate surface area is 149 Å². The van der Waals surface area contributed by atoms with Gasteiger partial charge in [-0.1, -0.05) is 12.2 Å². The van der Waals surface area contributed by atoms with Gasteiger partial charge >= 0.3 is 0 Å². The second kappa shape index (κ2) is 7.67. The molecule has 0 N–H and O–H groups in total. The van der Waals surface area contributed by atoms with Crippen molar-refractivity contribution in [1.82, 2.24) is 9.88 Å². The lowest BCUT2D eigenvalue weighted by molar-refractivity contribution is -0.139. The Morgan fingerprint density at radius 1 is 1.28 bits per heavy atom. The molecule has 134 valence electrons. The second-order valence-electron chi connectivity index (χ2n) is 7.22. The predicted molar refractivity (Wildman–Crippen MR) is 93.8 cm³/mol. The number of allylic oxidation sites excluding steroid dienone is 2. The van der Waals surface area contributed by atoms with Crippen LogP contribution in [0.25, 0.3) is 0 Å². The number of amides is 1. The van der Waals surface area contributed by atoms with Crippen molar-refractivity contribution in [3.05, 3.63) is 42.2 Å². The monoisotopic (exact) mass is 342 g/mol. The number of fused-ring (bicyclic) bond motifs is 1. The zero-order chi connectivity index (χ0) is 17.1. The first-order chi connectivity index (χ1) is 12.3. The van der Waals surface area contributed by atoms with Crippen molar-refractivity contribution in [1.29, 1.82) is 0 Å². The van der Waals surface area contributed by atoms with Crippen LogP contribution < -0.4 is 0 Å². The van der Waals surface area contributed by atoms with Crippen molar-refractivity contribution in [3.8, 4) is 0 Å². The third-order valence-electron chi connectivity index (χ3n) is 5.59. The maximum absolute atomic E-state index is 13.0. The molecule has 5 heteroatoms. The van der Waals surface area contributed by atoms with Crippen LogP contribution in [0.2, 0.25) is 0 Å². The Kier molecular flexibility index (Phi) is 5.13. The number of hydrogen-bond donors (Lipinski definition) is 0. The number of likely N-dealkylation sites (tertiary alicyclic amines) is 1. The Morgan fingerprint density at radius 2 is 2.16 bits per heavy atom. The highest BCUT2D eigenvalue weighted by Crippen LogP contribution is 2.33. The summed E-state index contributed by atoms with van der Waals surface area (Å²) in [5.74, 6) is 0.423. The molecule has 1 unspecified atom stereocenters. The van der Waals surface area contributed by atoms with Gasteiger partial charge in [0, 0.05) is 31.5 Å². The Bertz CT molecular complexity index is 619. The molecule has 1 aliphatic carbocycles. The molecule has 0 radical (unpaired) electrons. The molecule has 0 aromatic carbocycles. The molecule has 2 saturated heterocycles. The van der Waals surface area contributed by atoms with Crippen LogP contribution in [0.4, 0.5) is 0 Å². The summed E-state index contributed by atoms with van der Waals surface area (Å²) in [6, 6.07) is 4.10. The third kappa shape index (κ3) is 3.62. The minimum absolute atomic E-state index is 0.0127. The van der Waals surface area contributed by atoms with Gasteiger partial charge in [-0.25, -0.2) is 0 Å². The molecule has 4 atom stereocenters. The Hall–Kier alpha value is -1.72. The summed E-state index contributed by atoms with van der Waals surface area (Å²) >= 11 is 0. The van der Waals surface area contributed by atoms with E-state index >= 15 is 0 Å². The van der Waals surface area contributed by atoms with Crippen LogP contribution >= 0.6 is 0 Å². The molecule has 5 nitrogen and oxygen atoms in total. The quantitative estimate of drug-likeness (QED) is 0.790. The topological polar surface area (TPSA) is 51.7 Å². The van der Waals surface area contributed by atoms with Crippen LogP contribution in [0.1, 0.15) is 37.7 Å². The summed E-state index contributed by atoms with van der Waals surface area (Å²) in [5.41, 5.74) is 1.10. The fourth-order valence-electron chi connectivity index (χ4n) is 4.24. The number of pyridine rings is 1. The highest BCUT2D eigenvalue weighted by atomic mass is 16.5. The number of rotatable bonds is 4. The molecule has 1 amide bonds. The van der Waals surface area contributed by atoms with E-state index in [4.69, 9.17) is 9.47 Å². The van der Waals surface area contributed by atoms with E-state index < -0.39 is 0 Å². The van der Waals surface area contributed by atoms with E-state index in [1.807, 2.05) is 12.1 Å². The Morgan fingerprint density at radius 3 is 2.96 bits per heavy atom. The highest BCUT2D eigenvalue weighted by Gasteiger charge is 2.47. The fourth-order valence-corrected chi connectivity index (χ4v) is 4.24. The maximum atomic E-state index is 13.0. The average Bonchev–Trinajstić information content (AvgIpc) is 3.06. The molecular weight excluding hydrogens is 316 g/mol. The van der Waals surface area contributed by atoms with Crippen molar-refractivity contribution >= 4 is 5.91 Å². The van der Waals surface area contributed by atoms with Crippen LogP contribution in [-0.2, 0) is 20.9 Å². The van der Waals surface area contributed by atoms with E-state index in [2.05, 4.69) is 22.0 Å². The minimum Gasteiger partial charge on any atom is -0.373 e. The third-order valence-corrected chi connectivity index (χ3v) is 5.59. The highest BCUT2D eigenvalue weighted by molar-refractivity contribution is 5.80. The van der Waals surface area contributed by atoms with Crippen LogP contribution in [0.15, 0.2) is 36.7 Å². The molecule has 0 saturated carbocycles. The molecule has 2 fully saturated rings. The summed E-state index contributed by atoms with van der Waals surface area (Å²) < 4.78 is 12.2. The van der Waals surface area contributed by atoms with Gasteiger partial charge in [-0.3, -0.25) is 9.78 Å². The van der Waals surface area contributed by atoms with Gasteiger partial charge in [0.25, 0.3) is 0 Å². The van der Waals surface area contributed by atoms with E-state index in [1.165, 1.54) is 0 Å². The van der Waals surface area contributed by atoms with Gasteiger partial charge in [0.2, 0.25) is 5.91 Å².